The molecule has 2 rings (SSSR count). The molecule has 1 aromatic carbocycles. The SMILES string of the molecule is CCOP(CO)OCC.Cc1cn(CCCF)c(=O)n(COCc2ccccc2)c1=O. The number of aryl methyl sites for hydroxylation is 2. The van der Waals surface area contributed by atoms with Crippen LogP contribution in [0.4, 0.5) is 4.39 Å². The fourth-order valence-corrected chi connectivity index (χ4v) is 3.35. The number of hydrogen-bond donors (Lipinski definition) is 1. The van der Waals surface area contributed by atoms with E-state index in [0.29, 0.717) is 25.4 Å². The van der Waals surface area contributed by atoms with E-state index in [0.717, 1.165) is 10.1 Å². The third-order valence-corrected chi connectivity index (χ3v) is 5.26. The molecule has 0 saturated heterocycles. The molecular formula is C21H32FN2O6P. The molecule has 0 fully saturated rings. The third-order valence-electron chi connectivity index (χ3n) is 3.93. The molecule has 0 unspecified atom stereocenters. The average molecular weight is 458 g/mol. The minimum absolute atomic E-state index is 0.00296. The topological polar surface area (TPSA) is 91.9 Å². The number of alkyl halides is 1. The van der Waals surface area contributed by atoms with E-state index in [9.17, 15) is 14.0 Å². The first kappa shape index (κ1) is 27.1. The molecule has 0 spiro atoms. The van der Waals surface area contributed by atoms with Crippen LogP contribution in [0.25, 0.3) is 0 Å². The molecule has 1 N–H and O–H groups in total. The van der Waals surface area contributed by atoms with Crippen LogP contribution in [0, 0.1) is 6.92 Å². The summed E-state index contributed by atoms with van der Waals surface area (Å²) in [5.74, 6) is 0. The first-order valence-electron chi connectivity index (χ1n) is 10.1. The lowest BCUT2D eigenvalue weighted by molar-refractivity contribution is 0.0576. The highest BCUT2D eigenvalue weighted by Gasteiger charge is 2.09. The largest absolute Gasteiger partial charge is 0.387 e. The van der Waals surface area contributed by atoms with Crippen molar-refractivity contribution in [3.05, 3.63) is 68.5 Å². The van der Waals surface area contributed by atoms with Crippen molar-refractivity contribution in [2.24, 2.45) is 0 Å². The molecule has 0 atom stereocenters. The van der Waals surface area contributed by atoms with E-state index in [2.05, 4.69) is 0 Å². The third kappa shape index (κ3) is 9.84. The van der Waals surface area contributed by atoms with Crippen LogP contribution in [-0.2, 0) is 33.7 Å². The van der Waals surface area contributed by atoms with Gasteiger partial charge in [0, 0.05) is 18.3 Å². The van der Waals surface area contributed by atoms with E-state index < -0.39 is 20.7 Å². The Balaban J connectivity index is 0.000000452. The van der Waals surface area contributed by atoms with Crippen LogP contribution in [0.3, 0.4) is 0 Å². The highest BCUT2D eigenvalue weighted by atomic mass is 31.2. The minimum Gasteiger partial charge on any atom is -0.387 e. The smallest absolute Gasteiger partial charge is 0.332 e. The maximum atomic E-state index is 12.3. The van der Waals surface area contributed by atoms with Gasteiger partial charge in [-0.05, 0) is 32.8 Å². The van der Waals surface area contributed by atoms with Gasteiger partial charge in [0.25, 0.3) is 5.56 Å². The summed E-state index contributed by atoms with van der Waals surface area (Å²) in [6.07, 6.45) is 1.70. The molecule has 0 aliphatic rings. The predicted molar refractivity (Wildman–Crippen MR) is 119 cm³/mol. The fourth-order valence-electron chi connectivity index (χ4n) is 2.54. The lowest BCUT2D eigenvalue weighted by Crippen LogP contribution is -2.41. The monoisotopic (exact) mass is 458 g/mol. The van der Waals surface area contributed by atoms with E-state index in [1.165, 1.54) is 10.8 Å². The second-order valence-electron chi connectivity index (χ2n) is 6.34. The average Bonchev–Trinajstić information content (AvgIpc) is 2.78. The van der Waals surface area contributed by atoms with Crippen molar-refractivity contribution in [2.75, 3.05) is 26.2 Å². The Morgan fingerprint density at radius 3 is 2.29 bits per heavy atom. The zero-order valence-corrected chi connectivity index (χ0v) is 19.2. The van der Waals surface area contributed by atoms with Crippen molar-refractivity contribution >= 4 is 8.38 Å². The summed E-state index contributed by atoms with van der Waals surface area (Å²) >= 11 is 0. The van der Waals surface area contributed by atoms with Crippen molar-refractivity contribution in [1.82, 2.24) is 9.13 Å². The van der Waals surface area contributed by atoms with Gasteiger partial charge >= 0.3 is 5.69 Å². The van der Waals surface area contributed by atoms with Crippen molar-refractivity contribution in [3.8, 4) is 0 Å². The van der Waals surface area contributed by atoms with Gasteiger partial charge in [-0.2, -0.15) is 0 Å². The lowest BCUT2D eigenvalue weighted by atomic mass is 10.2. The summed E-state index contributed by atoms with van der Waals surface area (Å²) in [6.45, 7) is 6.52. The number of aliphatic hydroxyl groups excluding tert-OH is 1. The summed E-state index contributed by atoms with van der Waals surface area (Å²) in [4.78, 5) is 24.3. The van der Waals surface area contributed by atoms with Gasteiger partial charge in [-0.3, -0.25) is 13.8 Å². The number of aliphatic hydroxyl groups is 1. The first-order valence-corrected chi connectivity index (χ1v) is 11.5. The zero-order valence-electron chi connectivity index (χ0n) is 18.3. The standard InChI is InChI=1S/C16H19FN2O3.C5H13O3P/c1-13-10-18(9-5-8-17)16(21)19(15(13)20)12-22-11-14-6-3-2-4-7-14;1-3-7-9(5-6)8-4-2/h2-4,6-7,10H,5,8-9,11-12H2,1H3;6H,3-5H2,1-2H3. The van der Waals surface area contributed by atoms with E-state index in [-0.39, 0.29) is 31.6 Å². The number of aromatic nitrogens is 2. The molecule has 0 amide bonds. The summed E-state index contributed by atoms with van der Waals surface area (Å²) in [5, 5.41) is 8.57. The van der Waals surface area contributed by atoms with Gasteiger partial charge in [0.1, 0.15) is 13.1 Å². The number of ether oxygens (including phenoxy) is 1. The molecule has 1 heterocycles. The summed E-state index contributed by atoms with van der Waals surface area (Å²) in [6, 6.07) is 9.48. The van der Waals surface area contributed by atoms with E-state index in [1.807, 2.05) is 44.2 Å². The van der Waals surface area contributed by atoms with Crippen molar-refractivity contribution in [2.45, 2.75) is 47.1 Å². The molecule has 0 saturated carbocycles. The van der Waals surface area contributed by atoms with Gasteiger partial charge in [-0.25, -0.2) is 9.36 Å². The van der Waals surface area contributed by atoms with Gasteiger partial charge in [-0.1, -0.05) is 30.3 Å². The molecule has 0 bridgehead atoms. The quantitative estimate of drug-likeness (QED) is 0.492. The Bertz CT molecular complexity index is 853. The number of hydrogen-bond acceptors (Lipinski definition) is 6. The highest BCUT2D eigenvalue weighted by Crippen LogP contribution is 2.35. The summed E-state index contributed by atoms with van der Waals surface area (Å²) in [7, 11) is -1.00. The predicted octanol–water partition coefficient (Wildman–Crippen LogP) is 3.17. The summed E-state index contributed by atoms with van der Waals surface area (Å²) < 4.78 is 30.2. The van der Waals surface area contributed by atoms with E-state index >= 15 is 0 Å². The highest BCUT2D eigenvalue weighted by molar-refractivity contribution is 7.46. The number of benzene rings is 1. The molecule has 8 nitrogen and oxygen atoms in total. The molecule has 2 aromatic rings. The Labute approximate surface area is 183 Å². The van der Waals surface area contributed by atoms with Crippen molar-refractivity contribution < 1.29 is 23.3 Å². The molecule has 10 heteroatoms. The normalized spacial score (nSPS) is 10.8. The molecule has 1 aromatic heterocycles. The van der Waals surface area contributed by atoms with Gasteiger partial charge < -0.3 is 18.9 Å². The second-order valence-corrected chi connectivity index (χ2v) is 7.80. The first-order chi connectivity index (χ1) is 15.0. The van der Waals surface area contributed by atoms with Crippen LogP contribution < -0.4 is 11.2 Å². The Morgan fingerprint density at radius 1 is 1.10 bits per heavy atom. The Kier molecular flexibility index (Phi) is 13.9. The molecule has 0 aliphatic carbocycles. The molecule has 31 heavy (non-hydrogen) atoms. The zero-order chi connectivity index (χ0) is 23.1. The van der Waals surface area contributed by atoms with Crippen LogP contribution in [0.5, 0.6) is 0 Å². The van der Waals surface area contributed by atoms with Gasteiger partial charge in [0.15, 0.2) is 8.38 Å². The molecular weight excluding hydrogens is 426 g/mol. The Hall–Kier alpha value is -1.90. The van der Waals surface area contributed by atoms with Crippen LogP contribution in [0.2, 0.25) is 0 Å². The van der Waals surface area contributed by atoms with E-state index in [4.69, 9.17) is 18.9 Å². The molecule has 0 aliphatic heterocycles. The Morgan fingerprint density at radius 2 is 1.74 bits per heavy atom. The van der Waals surface area contributed by atoms with Crippen molar-refractivity contribution in [3.63, 3.8) is 0 Å². The minimum atomic E-state index is -1.00. The van der Waals surface area contributed by atoms with Gasteiger partial charge in [0.05, 0.1) is 26.5 Å². The van der Waals surface area contributed by atoms with Gasteiger partial charge in [-0.15, -0.1) is 0 Å². The lowest BCUT2D eigenvalue weighted by Gasteiger charge is -2.11. The summed E-state index contributed by atoms with van der Waals surface area (Å²) in [5.41, 5.74) is 0.536. The maximum absolute atomic E-state index is 12.3. The maximum Gasteiger partial charge on any atom is 0.332 e. The van der Waals surface area contributed by atoms with Crippen LogP contribution in [0.1, 0.15) is 31.4 Å². The number of nitrogens with zero attached hydrogens (tertiary/aromatic N) is 2. The molecule has 174 valence electrons. The van der Waals surface area contributed by atoms with Crippen LogP contribution >= 0.6 is 8.38 Å². The number of rotatable bonds is 12. The fraction of sp³-hybridized carbons (Fsp3) is 0.524. The number of halogens is 1. The van der Waals surface area contributed by atoms with Crippen molar-refractivity contribution in [1.29, 1.82) is 0 Å². The molecule has 0 radical (unpaired) electrons. The van der Waals surface area contributed by atoms with E-state index in [1.54, 1.807) is 6.92 Å². The van der Waals surface area contributed by atoms with Crippen LogP contribution in [-0.4, -0.2) is 40.5 Å². The van der Waals surface area contributed by atoms with Gasteiger partial charge in [0.2, 0.25) is 0 Å². The van der Waals surface area contributed by atoms with Crippen LogP contribution in [0.15, 0.2) is 46.1 Å². The second kappa shape index (κ2) is 15.8.